The molecule has 12 heavy (non-hydrogen) atoms. The van der Waals surface area contributed by atoms with Crippen molar-refractivity contribution in [1.29, 1.82) is 0 Å². The lowest BCUT2D eigenvalue weighted by Gasteiger charge is -2.21. The maximum absolute atomic E-state index is 5.56. The molecule has 1 heterocycles. The Hall–Kier alpha value is 0.448. The second-order valence-electron chi connectivity index (χ2n) is 2.44. The monoisotopic (exact) mass is 238 g/mol. The van der Waals surface area contributed by atoms with Gasteiger partial charge in [-0.3, -0.25) is 0 Å². The Morgan fingerprint density at radius 2 is 1.83 bits per heavy atom. The minimum atomic E-state index is -1.59. The van der Waals surface area contributed by atoms with Crippen LogP contribution in [-0.2, 0) is 16.5 Å². The van der Waals surface area contributed by atoms with Gasteiger partial charge in [0, 0.05) is 0 Å². The fraction of sp³-hybridized carbons (Fsp3) is 0.500. The van der Waals surface area contributed by atoms with Crippen LogP contribution < -0.4 is 0 Å². The van der Waals surface area contributed by atoms with Gasteiger partial charge in [-0.1, -0.05) is 13.5 Å². The van der Waals surface area contributed by atoms with E-state index in [1.54, 1.807) is 0 Å². The summed E-state index contributed by atoms with van der Waals surface area (Å²) in [5.41, 5.74) is 0. The van der Waals surface area contributed by atoms with Crippen molar-refractivity contribution in [3.8, 4) is 0 Å². The molecule has 0 aromatic carbocycles. The Kier molecular flexibility index (Phi) is 5.25. The number of hydrogen-bond donors (Lipinski definition) is 0. The smallest absolute Gasteiger partial charge is 0.332 e. The molecule has 4 nitrogen and oxygen atoms in total. The van der Waals surface area contributed by atoms with Gasteiger partial charge in [0.15, 0.2) is 0 Å². The van der Waals surface area contributed by atoms with E-state index >= 15 is 0 Å². The van der Waals surface area contributed by atoms with Gasteiger partial charge in [-0.2, -0.15) is 0 Å². The zero-order chi connectivity index (χ0) is 8.81. The quantitative estimate of drug-likeness (QED) is 0.511. The Labute approximate surface area is 81.3 Å². The largest absolute Gasteiger partial charge is 0.425 e. The average Bonchev–Trinajstić information content (AvgIpc) is 2.02. The van der Waals surface area contributed by atoms with Crippen LogP contribution in [0.4, 0.5) is 0 Å². The Bertz CT molecular complexity index is 146. The van der Waals surface area contributed by atoms with Gasteiger partial charge in [-0.05, 0) is 11.6 Å². The number of hydrogen-bond acceptors (Lipinski definition) is 4. The first-order valence-electron chi connectivity index (χ1n) is 3.91. The summed E-state index contributed by atoms with van der Waals surface area (Å²) in [5, 5.41) is 1.12. The molecule has 0 amide bonds. The highest BCUT2D eigenvalue weighted by molar-refractivity contribution is 6.65. The fourth-order valence-electron chi connectivity index (χ4n) is 0.797. The van der Waals surface area contributed by atoms with Crippen LogP contribution in [0.15, 0.2) is 11.8 Å². The van der Waals surface area contributed by atoms with Crippen LogP contribution in [0.5, 0.6) is 0 Å². The van der Waals surface area contributed by atoms with Gasteiger partial charge in [0.2, 0.25) is 0 Å². The Morgan fingerprint density at radius 3 is 2.33 bits per heavy atom. The summed E-state index contributed by atoms with van der Waals surface area (Å²) in [4.78, 5) is 0. The molecule has 0 atom stereocenters. The zero-order valence-corrected chi connectivity index (χ0v) is 12.6. The van der Waals surface area contributed by atoms with Crippen molar-refractivity contribution < 1.29 is 16.5 Å². The van der Waals surface area contributed by atoms with Crippen LogP contribution in [0, 0.1) is 0 Å². The van der Waals surface area contributed by atoms with E-state index in [4.69, 9.17) is 16.5 Å². The maximum atomic E-state index is 5.56. The molecule has 0 saturated carbocycles. The van der Waals surface area contributed by atoms with Gasteiger partial charge in [-0.15, -0.1) is 0 Å². The second-order valence-corrected chi connectivity index (χ2v) is 10.6. The normalized spacial score (nSPS) is 31.9. The average molecular weight is 238 g/mol. The van der Waals surface area contributed by atoms with Crippen LogP contribution in [-0.4, -0.2) is 39.3 Å². The highest BCUT2D eigenvalue weighted by atomic mass is 28.4. The molecule has 0 spiro atoms. The van der Waals surface area contributed by atoms with E-state index in [0.717, 1.165) is 11.6 Å². The van der Waals surface area contributed by atoms with Gasteiger partial charge in [-0.25, -0.2) is 0 Å². The molecule has 1 fully saturated rings. The molecule has 1 aliphatic rings. The van der Waals surface area contributed by atoms with Crippen molar-refractivity contribution in [2.75, 3.05) is 0 Å². The lowest BCUT2D eigenvalue weighted by atomic mass is 10.5. The third kappa shape index (κ3) is 3.45. The molecule has 8 heteroatoms. The van der Waals surface area contributed by atoms with Gasteiger partial charge < -0.3 is 16.5 Å². The molecule has 0 unspecified atom stereocenters. The molecule has 0 aromatic rings. The van der Waals surface area contributed by atoms with Gasteiger partial charge >= 0.3 is 9.28 Å². The molecule has 0 radical (unpaired) electrons. The van der Waals surface area contributed by atoms with E-state index in [1.165, 1.54) is 0 Å². The molecular formula is C4H14O4Si4. The lowest BCUT2D eigenvalue weighted by Crippen LogP contribution is -2.34. The van der Waals surface area contributed by atoms with Crippen molar-refractivity contribution >= 4 is 39.3 Å². The number of rotatable bonds is 2. The summed E-state index contributed by atoms with van der Waals surface area (Å²) in [5.74, 6) is 0. The van der Waals surface area contributed by atoms with Crippen LogP contribution in [0.3, 0.4) is 0 Å². The van der Waals surface area contributed by atoms with Crippen molar-refractivity contribution in [1.82, 2.24) is 0 Å². The van der Waals surface area contributed by atoms with E-state index in [1.807, 2.05) is 0 Å². The number of allylic oxidation sites excluding steroid dienone is 1. The second kappa shape index (κ2) is 5.99. The first-order valence-corrected chi connectivity index (χ1v) is 8.89. The van der Waals surface area contributed by atoms with E-state index in [0.29, 0.717) is 0 Å². The van der Waals surface area contributed by atoms with E-state index < -0.39 is 39.3 Å². The van der Waals surface area contributed by atoms with Crippen LogP contribution in [0.1, 0.15) is 13.3 Å². The van der Waals surface area contributed by atoms with Crippen molar-refractivity contribution in [3.63, 3.8) is 0 Å². The predicted octanol–water partition coefficient (Wildman–Crippen LogP) is -2.21. The molecule has 0 bridgehead atoms. The molecule has 0 N–H and O–H groups in total. The first kappa shape index (κ1) is 10.5. The third-order valence-corrected chi connectivity index (χ3v) is 8.81. The molecule has 70 valence electrons. The summed E-state index contributed by atoms with van der Waals surface area (Å²) in [7, 11) is -3.96. The predicted molar refractivity (Wildman–Crippen MR) is 56.6 cm³/mol. The van der Waals surface area contributed by atoms with Crippen LogP contribution in [0.25, 0.3) is 0 Å². The highest BCUT2D eigenvalue weighted by Crippen LogP contribution is 2.05. The third-order valence-electron chi connectivity index (χ3n) is 1.56. The Balaban J connectivity index is 2.34. The van der Waals surface area contributed by atoms with Crippen LogP contribution in [0.2, 0.25) is 0 Å². The molecule has 0 aliphatic carbocycles. The van der Waals surface area contributed by atoms with E-state index in [9.17, 15) is 0 Å². The van der Waals surface area contributed by atoms with E-state index in [2.05, 4.69) is 13.5 Å². The van der Waals surface area contributed by atoms with Crippen LogP contribution >= 0.6 is 0 Å². The standard InChI is InChI=1S/C4H14O4Si4/c1-3-4(2)12-7-10-5-9-6-11-8-12/h12H,2-3,9-11H2,1H3. The molecule has 1 aliphatic heterocycles. The summed E-state index contributed by atoms with van der Waals surface area (Å²) >= 11 is 0. The van der Waals surface area contributed by atoms with Gasteiger partial charge in [0.1, 0.15) is 0 Å². The molecule has 0 aromatic heterocycles. The summed E-state index contributed by atoms with van der Waals surface area (Å²) in [6.07, 6.45) is 0.942. The topological polar surface area (TPSA) is 36.9 Å². The molecular weight excluding hydrogens is 224 g/mol. The molecule has 1 saturated heterocycles. The zero-order valence-electron chi connectivity index (χ0n) is 7.25. The van der Waals surface area contributed by atoms with E-state index in [-0.39, 0.29) is 0 Å². The lowest BCUT2D eigenvalue weighted by molar-refractivity contribution is 0.333. The summed E-state index contributed by atoms with van der Waals surface area (Å²) in [6.45, 7) is 6.00. The summed E-state index contributed by atoms with van der Waals surface area (Å²) < 4.78 is 21.7. The van der Waals surface area contributed by atoms with Crippen molar-refractivity contribution in [2.24, 2.45) is 0 Å². The Morgan fingerprint density at radius 1 is 1.25 bits per heavy atom. The fourth-order valence-corrected chi connectivity index (χ4v) is 9.83. The van der Waals surface area contributed by atoms with Crippen molar-refractivity contribution in [2.45, 2.75) is 13.3 Å². The highest BCUT2D eigenvalue weighted by Gasteiger charge is 2.17. The minimum Gasteiger partial charge on any atom is -0.425 e. The summed E-state index contributed by atoms with van der Waals surface area (Å²) in [6, 6.07) is 0. The minimum absolute atomic E-state index is 0.736. The maximum Gasteiger partial charge on any atom is 0.332 e. The van der Waals surface area contributed by atoms with Gasteiger partial charge in [0.25, 0.3) is 30.0 Å². The molecule has 1 rings (SSSR count). The SMILES string of the molecule is C=C(CC)[SiH]1O[SiH2]O[SiH2]O[SiH2]O1. The first-order chi connectivity index (χ1) is 5.84. The van der Waals surface area contributed by atoms with Crippen molar-refractivity contribution in [3.05, 3.63) is 11.8 Å². The van der Waals surface area contributed by atoms with Gasteiger partial charge in [0.05, 0.1) is 0 Å².